The number of primary amides is 1. The van der Waals surface area contributed by atoms with Gasteiger partial charge in [0.15, 0.2) is 5.65 Å². The maximum atomic E-state index is 10.8. The number of rotatable bonds is 1. The maximum Gasteiger partial charge on any atom is 0.250 e. The monoisotopic (exact) mass is 196 g/mol. The second-order valence-electron chi connectivity index (χ2n) is 2.47. The predicted molar refractivity (Wildman–Crippen MR) is 46.5 cm³/mol. The number of carbonyl (C=O) groups excluding carboxylic acids is 1. The first-order chi connectivity index (χ1) is 6.18. The fraction of sp³-hybridized carbons (Fsp3) is 0. The summed E-state index contributed by atoms with van der Waals surface area (Å²) in [4.78, 5) is 14.7. The van der Waals surface area contributed by atoms with Crippen molar-refractivity contribution >= 4 is 23.2 Å². The molecule has 0 radical (unpaired) electrons. The van der Waals surface area contributed by atoms with Gasteiger partial charge in [-0.25, -0.2) is 9.50 Å². The molecule has 66 valence electrons. The van der Waals surface area contributed by atoms with E-state index in [1.165, 1.54) is 23.1 Å². The molecule has 2 rings (SSSR count). The van der Waals surface area contributed by atoms with Crippen molar-refractivity contribution in [2.45, 2.75) is 0 Å². The SMILES string of the molecule is NC(=O)c1cc(Cl)c2ncnn2c1. The molecule has 0 aliphatic heterocycles. The molecule has 13 heavy (non-hydrogen) atoms. The van der Waals surface area contributed by atoms with Gasteiger partial charge in [-0.1, -0.05) is 11.6 Å². The maximum absolute atomic E-state index is 10.8. The fourth-order valence-corrected chi connectivity index (χ4v) is 1.27. The lowest BCUT2D eigenvalue weighted by molar-refractivity contribution is 0.1000. The average Bonchev–Trinajstić information content (AvgIpc) is 2.51. The Hall–Kier alpha value is -1.62. The molecule has 0 aliphatic rings. The van der Waals surface area contributed by atoms with Crippen LogP contribution in [-0.4, -0.2) is 20.5 Å². The van der Waals surface area contributed by atoms with Crippen LogP contribution in [0.3, 0.4) is 0 Å². The lowest BCUT2D eigenvalue weighted by Gasteiger charge is -1.98. The molecule has 6 heteroatoms. The Labute approximate surface area is 78.1 Å². The third-order valence-electron chi connectivity index (χ3n) is 1.61. The minimum absolute atomic E-state index is 0.308. The molecule has 0 bridgehead atoms. The van der Waals surface area contributed by atoms with Gasteiger partial charge in [0.2, 0.25) is 5.91 Å². The Morgan fingerprint density at radius 2 is 2.38 bits per heavy atom. The summed E-state index contributed by atoms with van der Waals surface area (Å²) in [5.41, 5.74) is 5.90. The largest absolute Gasteiger partial charge is 0.366 e. The van der Waals surface area contributed by atoms with Gasteiger partial charge in [-0.2, -0.15) is 5.10 Å². The Bertz CT molecular complexity index is 478. The van der Waals surface area contributed by atoms with Crippen LogP contribution in [-0.2, 0) is 0 Å². The van der Waals surface area contributed by atoms with E-state index in [0.717, 1.165) is 0 Å². The highest BCUT2D eigenvalue weighted by Crippen LogP contribution is 2.15. The van der Waals surface area contributed by atoms with E-state index < -0.39 is 5.91 Å². The van der Waals surface area contributed by atoms with Crippen LogP contribution in [0.5, 0.6) is 0 Å². The summed E-state index contributed by atoms with van der Waals surface area (Å²) in [6.07, 6.45) is 2.84. The number of fused-ring (bicyclic) bond motifs is 1. The minimum atomic E-state index is -0.542. The molecular weight excluding hydrogens is 192 g/mol. The zero-order valence-electron chi connectivity index (χ0n) is 6.44. The van der Waals surface area contributed by atoms with Gasteiger partial charge in [0, 0.05) is 6.20 Å². The first kappa shape index (κ1) is 8.00. The van der Waals surface area contributed by atoms with Crippen molar-refractivity contribution in [3.05, 3.63) is 29.2 Å². The van der Waals surface area contributed by atoms with E-state index in [2.05, 4.69) is 10.1 Å². The number of pyridine rings is 1. The van der Waals surface area contributed by atoms with Crippen LogP contribution in [0.25, 0.3) is 5.65 Å². The van der Waals surface area contributed by atoms with Crippen molar-refractivity contribution in [3.63, 3.8) is 0 Å². The molecule has 0 unspecified atom stereocenters. The molecule has 5 nitrogen and oxygen atoms in total. The van der Waals surface area contributed by atoms with Crippen LogP contribution in [0.1, 0.15) is 10.4 Å². The molecule has 0 saturated heterocycles. The first-order valence-electron chi connectivity index (χ1n) is 3.47. The zero-order valence-corrected chi connectivity index (χ0v) is 7.19. The summed E-state index contributed by atoms with van der Waals surface area (Å²) in [7, 11) is 0. The van der Waals surface area contributed by atoms with E-state index in [0.29, 0.717) is 16.2 Å². The third-order valence-corrected chi connectivity index (χ3v) is 1.89. The van der Waals surface area contributed by atoms with E-state index in [-0.39, 0.29) is 0 Å². The van der Waals surface area contributed by atoms with Gasteiger partial charge in [0.25, 0.3) is 0 Å². The lowest BCUT2D eigenvalue weighted by atomic mass is 10.3. The van der Waals surface area contributed by atoms with Crippen molar-refractivity contribution in [2.75, 3.05) is 0 Å². The Balaban J connectivity index is 2.77. The molecule has 0 aliphatic carbocycles. The molecule has 2 aromatic rings. The van der Waals surface area contributed by atoms with Crippen molar-refractivity contribution in [3.8, 4) is 0 Å². The number of nitrogens with zero attached hydrogens (tertiary/aromatic N) is 3. The summed E-state index contributed by atoms with van der Waals surface area (Å²) in [5.74, 6) is -0.542. The van der Waals surface area contributed by atoms with E-state index in [1.54, 1.807) is 0 Å². The van der Waals surface area contributed by atoms with Crippen molar-refractivity contribution in [1.82, 2.24) is 14.6 Å². The van der Waals surface area contributed by atoms with Crippen LogP contribution in [0.2, 0.25) is 5.02 Å². The number of carbonyl (C=O) groups is 1. The van der Waals surface area contributed by atoms with E-state index in [9.17, 15) is 4.79 Å². The number of hydrogen-bond donors (Lipinski definition) is 1. The van der Waals surface area contributed by atoms with Crippen molar-refractivity contribution < 1.29 is 4.79 Å². The van der Waals surface area contributed by atoms with Gasteiger partial charge in [0.05, 0.1) is 10.6 Å². The highest BCUT2D eigenvalue weighted by atomic mass is 35.5. The second kappa shape index (κ2) is 2.70. The number of aromatic nitrogens is 3. The Morgan fingerprint density at radius 1 is 1.62 bits per heavy atom. The number of halogens is 1. The number of amides is 1. The van der Waals surface area contributed by atoms with Gasteiger partial charge >= 0.3 is 0 Å². The molecule has 2 heterocycles. The molecule has 1 amide bonds. The molecule has 0 fully saturated rings. The summed E-state index contributed by atoms with van der Waals surface area (Å²) in [6, 6.07) is 1.47. The first-order valence-corrected chi connectivity index (χ1v) is 3.85. The molecule has 0 atom stereocenters. The van der Waals surface area contributed by atoms with Crippen LogP contribution in [0.4, 0.5) is 0 Å². The standard InChI is InChI=1S/C7H5ClN4O/c8-5-1-4(6(9)13)2-12-7(5)10-3-11-12/h1-3H,(H2,9,13). The molecule has 2 N–H and O–H groups in total. The van der Waals surface area contributed by atoms with Crippen LogP contribution < -0.4 is 5.73 Å². The average molecular weight is 197 g/mol. The van der Waals surface area contributed by atoms with E-state index in [1.807, 2.05) is 0 Å². The van der Waals surface area contributed by atoms with Gasteiger partial charge in [0.1, 0.15) is 6.33 Å². The molecular formula is C7H5ClN4O. The summed E-state index contributed by atoms with van der Waals surface area (Å²) < 4.78 is 1.41. The van der Waals surface area contributed by atoms with Crippen LogP contribution in [0, 0.1) is 0 Å². The van der Waals surface area contributed by atoms with Crippen molar-refractivity contribution in [1.29, 1.82) is 0 Å². The fourth-order valence-electron chi connectivity index (χ4n) is 1.02. The number of hydrogen-bond acceptors (Lipinski definition) is 3. The smallest absolute Gasteiger partial charge is 0.250 e. The number of nitrogens with two attached hydrogens (primary N) is 1. The predicted octanol–water partition coefficient (Wildman–Crippen LogP) is 0.482. The molecule has 0 spiro atoms. The highest BCUT2D eigenvalue weighted by Gasteiger charge is 2.07. The highest BCUT2D eigenvalue weighted by molar-refractivity contribution is 6.33. The third kappa shape index (κ3) is 1.23. The summed E-state index contributed by atoms with van der Waals surface area (Å²) >= 11 is 5.82. The second-order valence-corrected chi connectivity index (χ2v) is 2.88. The minimum Gasteiger partial charge on any atom is -0.366 e. The van der Waals surface area contributed by atoms with Gasteiger partial charge < -0.3 is 5.73 Å². The van der Waals surface area contributed by atoms with E-state index in [4.69, 9.17) is 17.3 Å². The quantitative estimate of drug-likeness (QED) is 0.721. The van der Waals surface area contributed by atoms with E-state index >= 15 is 0 Å². The Kier molecular flexibility index (Phi) is 1.66. The van der Waals surface area contributed by atoms with Crippen LogP contribution in [0.15, 0.2) is 18.6 Å². The molecule has 0 saturated carbocycles. The lowest BCUT2D eigenvalue weighted by Crippen LogP contribution is -2.12. The Morgan fingerprint density at radius 3 is 3.08 bits per heavy atom. The molecule has 2 aromatic heterocycles. The van der Waals surface area contributed by atoms with Gasteiger partial charge in [-0.15, -0.1) is 0 Å². The van der Waals surface area contributed by atoms with Gasteiger partial charge in [-0.3, -0.25) is 4.79 Å². The topological polar surface area (TPSA) is 73.3 Å². The van der Waals surface area contributed by atoms with Crippen molar-refractivity contribution in [2.24, 2.45) is 5.73 Å². The normalized spacial score (nSPS) is 10.5. The molecule has 0 aromatic carbocycles. The summed E-state index contributed by atoms with van der Waals surface area (Å²) in [5, 5.41) is 4.19. The van der Waals surface area contributed by atoms with Gasteiger partial charge in [-0.05, 0) is 6.07 Å². The zero-order chi connectivity index (χ0) is 9.42. The summed E-state index contributed by atoms with van der Waals surface area (Å²) in [6.45, 7) is 0. The van der Waals surface area contributed by atoms with Crippen LogP contribution >= 0.6 is 11.6 Å².